The smallest absolute Gasteiger partial charge is 0.00108 e. The van der Waals surface area contributed by atoms with Gasteiger partial charge in [0.05, 0.1) is 0 Å². The van der Waals surface area contributed by atoms with Crippen molar-refractivity contribution in [3.8, 4) is 44.5 Å². The summed E-state index contributed by atoms with van der Waals surface area (Å²) >= 11 is 0. The standard InChI is InChI=1S/C58H40/c1-33-35(3)51(39-23-13-7-14-24-39)57-47-31-45-42-28-18-30-44-54(42)48(32-46(45)41-27-17-29-43(53(41)47)55(57)49(33)37-19-9-5-10-20-37)58-52(40-25-15-8-16-26-40)36(4)34(2)50(56(44)58)38-21-11-6-12-22-38/h5-32H,1-4H3. The van der Waals surface area contributed by atoms with Gasteiger partial charge in [0, 0.05) is 0 Å². The van der Waals surface area contributed by atoms with Crippen molar-refractivity contribution < 1.29 is 0 Å². The third-order valence-electron chi connectivity index (χ3n) is 13.6. The van der Waals surface area contributed by atoms with Crippen LogP contribution in [0.25, 0.3) is 120 Å². The number of fused-ring (bicyclic) bond motifs is 9. The van der Waals surface area contributed by atoms with Gasteiger partial charge in [-0.3, -0.25) is 0 Å². The maximum Gasteiger partial charge on any atom is -0.00108 e. The quantitative estimate of drug-likeness (QED) is 0.158. The minimum absolute atomic E-state index is 1.27. The first-order valence-corrected chi connectivity index (χ1v) is 20.5. The van der Waals surface area contributed by atoms with Gasteiger partial charge in [0.1, 0.15) is 0 Å². The summed E-state index contributed by atoms with van der Waals surface area (Å²) in [6.45, 7) is 9.31. The van der Waals surface area contributed by atoms with E-state index in [0.29, 0.717) is 0 Å². The van der Waals surface area contributed by atoms with Crippen LogP contribution in [-0.2, 0) is 0 Å². The Morgan fingerprint density at radius 2 is 0.466 bits per heavy atom. The predicted molar refractivity (Wildman–Crippen MR) is 252 cm³/mol. The first-order chi connectivity index (χ1) is 28.5. The molecule has 0 heterocycles. The lowest BCUT2D eigenvalue weighted by Crippen LogP contribution is -1.94. The molecule has 0 saturated heterocycles. The molecule has 58 heavy (non-hydrogen) atoms. The monoisotopic (exact) mass is 736 g/mol. The molecule has 0 amide bonds. The van der Waals surface area contributed by atoms with E-state index >= 15 is 0 Å². The van der Waals surface area contributed by atoms with Gasteiger partial charge in [-0.1, -0.05) is 158 Å². The summed E-state index contributed by atoms with van der Waals surface area (Å²) in [5.74, 6) is 0. The second-order valence-electron chi connectivity index (χ2n) is 16.4. The van der Waals surface area contributed by atoms with E-state index in [1.54, 1.807) is 0 Å². The highest BCUT2D eigenvalue weighted by molar-refractivity contribution is 6.44. The number of rotatable bonds is 4. The van der Waals surface area contributed by atoms with Gasteiger partial charge in [0.25, 0.3) is 0 Å². The van der Waals surface area contributed by atoms with Crippen LogP contribution in [0.1, 0.15) is 22.3 Å². The van der Waals surface area contributed by atoms with Crippen molar-refractivity contribution >= 4 is 75.4 Å². The molecule has 0 fully saturated rings. The van der Waals surface area contributed by atoms with Crippen LogP contribution in [0.3, 0.4) is 0 Å². The molecule has 0 atom stereocenters. The van der Waals surface area contributed by atoms with Crippen molar-refractivity contribution in [2.45, 2.75) is 27.7 Å². The van der Waals surface area contributed by atoms with Gasteiger partial charge in [-0.25, -0.2) is 0 Å². The highest BCUT2D eigenvalue weighted by Crippen LogP contribution is 2.55. The van der Waals surface area contributed by atoms with E-state index in [0.717, 1.165) is 0 Å². The van der Waals surface area contributed by atoms with E-state index in [9.17, 15) is 0 Å². The molecule has 0 spiro atoms. The number of hydrogen-bond acceptors (Lipinski definition) is 0. The molecule has 0 aliphatic carbocycles. The van der Waals surface area contributed by atoms with Crippen LogP contribution in [-0.4, -0.2) is 0 Å². The molecule has 272 valence electrons. The van der Waals surface area contributed by atoms with E-state index in [1.807, 2.05) is 0 Å². The molecule has 0 unspecified atom stereocenters. The molecule has 0 aromatic heterocycles. The van der Waals surface area contributed by atoms with E-state index in [2.05, 4.69) is 198 Å². The molecule has 0 saturated carbocycles. The van der Waals surface area contributed by atoms with Crippen molar-refractivity contribution in [1.82, 2.24) is 0 Å². The summed E-state index contributed by atoms with van der Waals surface area (Å²) in [6.07, 6.45) is 0. The van der Waals surface area contributed by atoms with Crippen molar-refractivity contribution in [1.29, 1.82) is 0 Å². The summed E-state index contributed by atoms with van der Waals surface area (Å²) in [4.78, 5) is 0. The van der Waals surface area contributed by atoms with Crippen LogP contribution in [0.4, 0.5) is 0 Å². The average molecular weight is 737 g/mol. The predicted octanol–water partition coefficient (Wildman–Crippen LogP) is 16.5. The highest BCUT2D eigenvalue weighted by Gasteiger charge is 2.27. The Balaban J connectivity index is 1.33. The van der Waals surface area contributed by atoms with Gasteiger partial charge in [-0.2, -0.15) is 0 Å². The third kappa shape index (κ3) is 4.35. The molecule has 12 aromatic rings. The lowest BCUT2D eigenvalue weighted by Gasteiger charge is -2.18. The molecule has 0 bridgehead atoms. The zero-order valence-electron chi connectivity index (χ0n) is 33.2. The van der Waals surface area contributed by atoms with Crippen LogP contribution >= 0.6 is 0 Å². The molecule has 0 radical (unpaired) electrons. The molecular weight excluding hydrogens is 697 g/mol. The maximum atomic E-state index is 2.56. The molecule has 0 heteroatoms. The Hall–Kier alpha value is -7.02. The lowest BCUT2D eigenvalue weighted by atomic mass is 9.85. The van der Waals surface area contributed by atoms with Gasteiger partial charge < -0.3 is 0 Å². The Morgan fingerprint density at radius 3 is 0.759 bits per heavy atom. The van der Waals surface area contributed by atoms with E-state index in [-0.39, 0.29) is 0 Å². The van der Waals surface area contributed by atoms with Crippen LogP contribution in [0, 0.1) is 27.7 Å². The van der Waals surface area contributed by atoms with Crippen molar-refractivity contribution in [3.05, 3.63) is 192 Å². The van der Waals surface area contributed by atoms with Crippen molar-refractivity contribution in [3.63, 3.8) is 0 Å². The van der Waals surface area contributed by atoms with E-state index < -0.39 is 0 Å². The molecule has 0 aliphatic heterocycles. The molecule has 0 aliphatic rings. The first-order valence-electron chi connectivity index (χ1n) is 20.5. The zero-order valence-corrected chi connectivity index (χ0v) is 33.2. The second kappa shape index (κ2) is 12.2. The van der Waals surface area contributed by atoms with Crippen molar-refractivity contribution in [2.75, 3.05) is 0 Å². The average Bonchev–Trinajstić information content (AvgIpc) is 3.77. The Morgan fingerprint density at radius 1 is 0.207 bits per heavy atom. The largest absolute Gasteiger partial charge is 0.0622 e. The van der Waals surface area contributed by atoms with Gasteiger partial charge in [-0.15, -0.1) is 0 Å². The van der Waals surface area contributed by atoms with Gasteiger partial charge in [0.15, 0.2) is 0 Å². The lowest BCUT2D eigenvalue weighted by molar-refractivity contribution is 1.36. The van der Waals surface area contributed by atoms with Crippen LogP contribution in [0.2, 0.25) is 0 Å². The highest BCUT2D eigenvalue weighted by atomic mass is 14.3. The van der Waals surface area contributed by atoms with Gasteiger partial charge in [0.2, 0.25) is 0 Å². The Labute approximate surface area is 338 Å². The summed E-state index contributed by atoms with van der Waals surface area (Å²) in [5.41, 5.74) is 15.8. The van der Waals surface area contributed by atoms with Gasteiger partial charge in [-0.05, 0) is 182 Å². The molecule has 0 nitrogen and oxygen atoms in total. The Bertz CT molecular complexity index is 3350. The van der Waals surface area contributed by atoms with E-state index in [4.69, 9.17) is 0 Å². The fourth-order valence-corrected chi connectivity index (χ4v) is 10.9. The fraction of sp³-hybridized carbons (Fsp3) is 0.0690. The van der Waals surface area contributed by atoms with E-state index in [1.165, 1.54) is 142 Å². The summed E-state index contributed by atoms with van der Waals surface area (Å²) in [6, 6.07) is 63.5. The summed E-state index contributed by atoms with van der Waals surface area (Å²) < 4.78 is 0. The molecule has 12 aromatic carbocycles. The van der Waals surface area contributed by atoms with Gasteiger partial charge >= 0.3 is 0 Å². The minimum atomic E-state index is 1.27. The molecule has 0 N–H and O–H groups in total. The zero-order chi connectivity index (χ0) is 38.8. The maximum absolute atomic E-state index is 2.56. The first kappa shape index (κ1) is 33.2. The molecular formula is C58H40. The Kier molecular flexibility index (Phi) is 7.00. The van der Waals surface area contributed by atoms with Crippen LogP contribution in [0.5, 0.6) is 0 Å². The van der Waals surface area contributed by atoms with Crippen LogP contribution < -0.4 is 0 Å². The normalized spacial score (nSPS) is 12.1. The third-order valence-corrected chi connectivity index (χ3v) is 13.6. The minimum Gasteiger partial charge on any atom is -0.0622 e. The summed E-state index contributed by atoms with van der Waals surface area (Å²) in [5, 5.41) is 18.8. The summed E-state index contributed by atoms with van der Waals surface area (Å²) in [7, 11) is 0. The van der Waals surface area contributed by atoms with Crippen LogP contribution in [0.15, 0.2) is 170 Å². The number of benzene rings is 10. The fourth-order valence-electron chi connectivity index (χ4n) is 10.9. The second-order valence-corrected chi connectivity index (χ2v) is 16.4. The topological polar surface area (TPSA) is 0 Å². The molecule has 12 rings (SSSR count). The SMILES string of the molecule is Cc1c(C)c(-c2ccccc2)c2c3cc4c(cc5c6c(-c7ccccc7)c(C)c(C)c(-c7ccccc7)c6c6cccc4c65)c4cccc(c2c1-c1ccccc1)c43. The van der Waals surface area contributed by atoms with Crippen molar-refractivity contribution in [2.24, 2.45) is 0 Å². The number of hydrogen-bond donors (Lipinski definition) is 0.